The molecule has 21 heavy (non-hydrogen) atoms. The van der Waals surface area contributed by atoms with Crippen molar-refractivity contribution < 1.29 is 13.2 Å². The van der Waals surface area contributed by atoms with Crippen molar-refractivity contribution >= 4 is 27.3 Å². The Hall–Kier alpha value is -1.60. The lowest BCUT2D eigenvalue weighted by Crippen LogP contribution is -2.40. The smallest absolute Gasteiger partial charge is 0.229 e. The van der Waals surface area contributed by atoms with Crippen LogP contribution in [0.3, 0.4) is 0 Å². The molecule has 0 bridgehead atoms. The van der Waals surface area contributed by atoms with Gasteiger partial charge in [-0.2, -0.15) is 0 Å². The van der Waals surface area contributed by atoms with Crippen molar-refractivity contribution in [1.82, 2.24) is 5.32 Å². The third kappa shape index (κ3) is 5.02. The van der Waals surface area contributed by atoms with Gasteiger partial charge in [0.2, 0.25) is 15.9 Å². The Bertz CT molecular complexity index is 616. The van der Waals surface area contributed by atoms with Crippen LogP contribution in [0.25, 0.3) is 0 Å². The SMILES string of the molecule is CC1CC(C(=O)Nc2cccc(NS(C)(=O)=O)c2)CCN1. The second-order valence-corrected chi connectivity index (χ2v) is 7.27. The lowest BCUT2D eigenvalue weighted by molar-refractivity contribution is -0.120. The molecule has 1 fully saturated rings. The quantitative estimate of drug-likeness (QED) is 0.784. The van der Waals surface area contributed by atoms with E-state index in [1.165, 1.54) is 0 Å². The van der Waals surface area contributed by atoms with Crippen LogP contribution in [0.2, 0.25) is 0 Å². The molecular weight excluding hydrogens is 290 g/mol. The van der Waals surface area contributed by atoms with E-state index in [-0.39, 0.29) is 11.8 Å². The Kier molecular flexibility index (Phi) is 4.84. The van der Waals surface area contributed by atoms with Gasteiger partial charge < -0.3 is 10.6 Å². The molecule has 7 heteroatoms. The molecule has 1 aliphatic heterocycles. The molecule has 1 aliphatic rings. The van der Waals surface area contributed by atoms with Crippen molar-refractivity contribution in [2.24, 2.45) is 5.92 Å². The van der Waals surface area contributed by atoms with Crippen molar-refractivity contribution in [3.63, 3.8) is 0 Å². The van der Waals surface area contributed by atoms with Gasteiger partial charge in [0.05, 0.1) is 11.9 Å². The van der Waals surface area contributed by atoms with Crippen LogP contribution in [0.5, 0.6) is 0 Å². The Morgan fingerprint density at radius 2 is 2.05 bits per heavy atom. The highest BCUT2D eigenvalue weighted by Crippen LogP contribution is 2.20. The van der Waals surface area contributed by atoms with Crippen LogP contribution in [0.4, 0.5) is 11.4 Å². The lowest BCUT2D eigenvalue weighted by Gasteiger charge is -2.27. The van der Waals surface area contributed by atoms with Crippen molar-refractivity contribution in [3.8, 4) is 0 Å². The summed E-state index contributed by atoms with van der Waals surface area (Å²) < 4.78 is 24.8. The van der Waals surface area contributed by atoms with Gasteiger partial charge >= 0.3 is 0 Å². The molecule has 0 spiro atoms. The van der Waals surface area contributed by atoms with Crippen molar-refractivity contribution in [3.05, 3.63) is 24.3 Å². The van der Waals surface area contributed by atoms with Crippen LogP contribution in [-0.2, 0) is 14.8 Å². The molecule has 1 heterocycles. The molecule has 6 nitrogen and oxygen atoms in total. The number of sulfonamides is 1. The fourth-order valence-electron chi connectivity index (χ4n) is 2.49. The third-order valence-electron chi connectivity index (χ3n) is 3.43. The van der Waals surface area contributed by atoms with Gasteiger partial charge in [-0.3, -0.25) is 9.52 Å². The molecule has 116 valence electrons. The average molecular weight is 311 g/mol. The minimum absolute atomic E-state index is 0.00669. The number of carbonyl (C=O) groups is 1. The number of carbonyl (C=O) groups excluding carboxylic acids is 1. The maximum Gasteiger partial charge on any atom is 0.229 e. The summed E-state index contributed by atoms with van der Waals surface area (Å²) in [5.74, 6) is -0.0207. The molecule has 0 aromatic heterocycles. The standard InChI is InChI=1S/C14H21N3O3S/c1-10-8-11(6-7-15-10)14(18)16-12-4-3-5-13(9-12)17-21(2,19)20/h3-5,9-11,15,17H,6-8H2,1-2H3,(H,16,18). The summed E-state index contributed by atoms with van der Waals surface area (Å²) >= 11 is 0. The van der Waals surface area contributed by atoms with Crippen LogP contribution in [0.1, 0.15) is 19.8 Å². The Balaban J connectivity index is 2.02. The summed E-state index contributed by atoms with van der Waals surface area (Å²) in [4.78, 5) is 12.2. The fraction of sp³-hybridized carbons (Fsp3) is 0.500. The highest BCUT2D eigenvalue weighted by Gasteiger charge is 2.24. The highest BCUT2D eigenvalue weighted by molar-refractivity contribution is 7.92. The summed E-state index contributed by atoms with van der Waals surface area (Å²) in [5, 5.41) is 6.17. The van der Waals surface area contributed by atoms with Crippen molar-refractivity contribution in [2.75, 3.05) is 22.8 Å². The van der Waals surface area contributed by atoms with Gasteiger partial charge in [-0.05, 0) is 44.5 Å². The first-order chi connectivity index (χ1) is 9.83. The van der Waals surface area contributed by atoms with Gasteiger partial charge in [-0.1, -0.05) is 6.07 Å². The lowest BCUT2D eigenvalue weighted by atomic mass is 9.92. The minimum Gasteiger partial charge on any atom is -0.326 e. The van der Waals surface area contributed by atoms with E-state index in [4.69, 9.17) is 0 Å². The number of piperidine rings is 1. The molecule has 2 rings (SSSR count). The maximum atomic E-state index is 12.2. The summed E-state index contributed by atoms with van der Waals surface area (Å²) in [7, 11) is -3.32. The van der Waals surface area contributed by atoms with E-state index in [1.54, 1.807) is 24.3 Å². The van der Waals surface area contributed by atoms with E-state index in [0.717, 1.165) is 25.6 Å². The molecule has 1 aromatic rings. The fourth-order valence-corrected chi connectivity index (χ4v) is 3.04. The first-order valence-corrected chi connectivity index (χ1v) is 8.85. The van der Waals surface area contributed by atoms with Gasteiger partial charge in [-0.25, -0.2) is 8.42 Å². The Labute approximate surface area is 125 Å². The summed E-state index contributed by atoms with van der Waals surface area (Å²) in [6.45, 7) is 2.91. The molecule has 0 radical (unpaired) electrons. The molecule has 2 unspecified atom stereocenters. The Morgan fingerprint density at radius 3 is 2.71 bits per heavy atom. The summed E-state index contributed by atoms with van der Waals surface area (Å²) in [5.41, 5.74) is 1.04. The summed E-state index contributed by atoms with van der Waals surface area (Å²) in [6.07, 6.45) is 2.72. The zero-order valence-electron chi connectivity index (χ0n) is 12.2. The largest absolute Gasteiger partial charge is 0.326 e. The first-order valence-electron chi connectivity index (χ1n) is 6.95. The molecule has 1 amide bonds. The van der Waals surface area contributed by atoms with Gasteiger partial charge in [0.15, 0.2) is 0 Å². The average Bonchev–Trinajstić information content (AvgIpc) is 2.37. The molecule has 3 N–H and O–H groups in total. The molecular formula is C14H21N3O3S. The minimum atomic E-state index is -3.32. The molecule has 0 saturated carbocycles. The predicted octanol–water partition coefficient (Wildman–Crippen LogP) is 1.38. The number of rotatable bonds is 4. The molecule has 1 aromatic carbocycles. The third-order valence-corrected chi connectivity index (χ3v) is 4.03. The highest BCUT2D eigenvalue weighted by atomic mass is 32.2. The predicted molar refractivity (Wildman–Crippen MR) is 83.7 cm³/mol. The summed E-state index contributed by atoms with van der Waals surface area (Å²) in [6, 6.07) is 7.05. The van der Waals surface area contributed by atoms with Crippen LogP contribution < -0.4 is 15.4 Å². The number of hydrogen-bond donors (Lipinski definition) is 3. The topological polar surface area (TPSA) is 87.3 Å². The first kappa shape index (κ1) is 15.8. The monoisotopic (exact) mass is 311 g/mol. The maximum absolute atomic E-state index is 12.2. The second-order valence-electron chi connectivity index (χ2n) is 5.52. The van der Waals surface area contributed by atoms with E-state index in [0.29, 0.717) is 17.4 Å². The molecule has 0 aliphatic carbocycles. The zero-order valence-corrected chi connectivity index (χ0v) is 13.0. The van der Waals surface area contributed by atoms with E-state index in [1.807, 2.05) is 0 Å². The van der Waals surface area contributed by atoms with E-state index >= 15 is 0 Å². The van der Waals surface area contributed by atoms with Crippen LogP contribution >= 0.6 is 0 Å². The Morgan fingerprint density at radius 1 is 1.33 bits per heavy atom. The van der Waals surface area contributed by atoms with E-state index < -0.39 is 10.0 Å². The number of amides is 1. The normalized spacial score (nSPS) is 22.6. The van der Waals surface area contributed by atoms with E-state index in [2.05, 4.69) is 22.3 Å². The van der Waals surface area contributed by atoms with Crippen LogP contribution in [0, 0.1) is 5.92 Å². The molecule has 1 saturated heterocycles. The van der Waals surface area contributed by atoms with E-state index in [9.17, 15) is 13.2 Å². The van der Waals surface area contributed by atoms with Gasteiger partial charge in [0.1, 0.15) is 0 Å². The number of nitrogens with one attached hydrogen (secondary N) is 3. The van der Waals surface area contributed by atoms with Crippen molar-refractivity contribution in [2.45, 2.75) is 25.8 Å². The van der Waals surface area contributed by atoms with Crippen molar-refractivity contribution in [1.29, 1.82) is 0 Å². The molecule has 2 atom stereocenters. The van der Waals surface area contributed by atoms with Gasteiger partial charge in [0.25, 0.3) is 0 Å². The van der Waals surface area contributed by atoms with Crippen LogP contribution in [-0.4, -0.2) is 33.2 Å². The number of anilines is 2. The van der Waals surface area contributed by atoms with Gasteiger partial charge in [0, 0.05) is 17.6 Å². The zero-order chi connectivity index (χ0) is 15.5. The number of hydrogen-bond acceptors (Lipinski definition) is 4. The number of benzene rings is 1. The van der Waals surface area contributed by atoms with Gasteiger partial charge in [-0.15, -0.1) is 0 Å². The van der Waals surface area contributed by atoms with Crippen LogP contribution in [0.15, 0.2) is 24.3 Å². The second kappa shape index (κ2) is 6.44.